The molecule has 3 aromatic heterocycles. The summed E-state index contributed by atoms with van der Waals surface area (Å²) in [5.74, 6) is -7.82. The monoisotopic (exact) mass is 613 g/mol. The molecule has 2 atom stereocenters. The summed E-state index contributed by atoms with van der Waals surface area (Å²) in [6.45, 7) is 3.72. The van der Waals surface area contributed by atoms with E-state index in [2.05, 4.69) is 25.8 Å². The first-order chi connectivity index (χ1) is 20.2. The van der Waals surface area contributed by atoms with Gasteiger partial charge >= 0.3 is 0 Å². The van der Waals surface area contributed by atoms with Crippen LogP contribution < -0.4 is 10.6 Å². The van der Waals surface area contributed by atoms with E-state index in [1.807, 2.05) is 13.8 Å². The first-order valence-electron chi connectivity index (χ1n) is 14.2. The van der Waals surface area contributed by atoms with Crippen LogP contribution in [0.5, 0.6) is 0 Å². The number of carbonyl (C=O) groups is 2. The zero-order valence-corrected chi connectivity index (χ0v) is 23.6. The van der Waals surface area contributed by atoms with Crippen LogP contribution in [0.15, 0.2) is 30.7 Å². The van der Waals surface area contributed by atoms with Gasteiger partial charge in [-0.15, -0.1) is 0 Å². The predicted molar refractivity (Wildman–Crippen MR) is 142 cm³/mol. The average Bonchev–Trinajstić information content (AvgIpc) is 3.56. The molecule has 15 heteroatoms. The zero-order valence-electron chi connectivity index (χ0n) is 23.6. The molecule has 2 aliphatic carbocycles. The number of rotatable bonds is 10. The maximum atomic E-state index is 14.0. The number of imidazole rings is 1. The number of nitrogens with zero attached hydrogens (tertiary/aromatic N) is 5. The lowest BCUT2D eigenvalue weighted by Gasteiger charge is -2.34. The van der Waals surface area contributed by atoms with Crippen molar-refractivity contribution in [3.05, 3.63) is 47.7 Å². The lowest BCUT2D eigenvalue weighted by molar-refractivity contribution is -0.135. The Bertz CT molecular complexity index is 1450. The molecule has 3 aromatic rings. The van der Waals surface area contributed by atoms with E-state index in [1.165, 1.54) is 27.7 Å². The van der Waals surface area contributed by atoms with Gasteiger partial charge in [0.15, 0.2) is 5.65 Å². The van der Waals surface area contributed by atoms with E-state index in [9.17, 15) is 35.9 Å². The summed E-state index contributed by atoms with van der Waals surface area (Å²) in [6.07, 6.45) is -0.545. The summed E-state index contributed by atoms with van der Waals surface area (Å²) in [6, 6.07) is 0.216. The van der Waals surface area contributed by atoms with Gasteiger partial charge in [0.05, 0.1) is 24.1 Å². The van der Waals surface area contributed by atoms with Gasteiger partial charge in [0.1, 0.15) is 11.7 Å². The largest absolute Gasteiger partial charge is 0.343 e. The van der Waals surface area contributed by atoms with Crippen molar-refractivity contribution < 1.29 is 35.9 Å². The Morgan fingerprint density at radius 1 is 1.05 bits per heavy atom. The Morgan fingerprint density at radius 2 is 1.74 bits per heavy atom. The molecule has 0 bridgehead atoms. The Hall–Kier alpha value is -3.65. The molecule has 5 rings (SSSR count). The minimum atomic E-state index is -3.02. The number of alkyl halides is 6. The lowest BCUT2D eigenvalue weighted by atomic mass is 9.79. The molecule has 0 saturated heterocycles. The second-order valence-corrected chi connectivity index (χ2v) is 11.9. The fourth-order valence-electron chi connectivity index (χ4n) is 5.90. The van der Waals surface area contributed by atoms with Gasteiger partial charge in [0, 0.05) is 49.9 Å². The van der Waals surface area contributed by atoms with Crippen LogP contribution in [0.2, 0.25) is 0 Å². The van der Waals surface area contributed by atoms with E-state index in [0.29, 0.717) is 5.69 Å². The minimum absolute atomic E-state index is 0.0503. The van der Waals surface area contributed by atoms with Crippen molar-refractivity contribution in [1.29, 1.82) is 0 Å². The number of nitrogens with one attached hydrogen (secondary N) is 2. The third kappa shape index (κ3) is 6.96. The number of fused-ring (bicyclic) bond motifs is 1. The minimum Gasteiger partial charge on any atom is -0.343 e. The number of carbonyl (C=O) groups excluding carboxylic acids is 2. The molecule has 43 heavy (non-hydrogen) atoms. The maximum Gasteiger partial charge on any atom is 0.270 e. The van der Waals surface area contributed by atoms with Crippen LogP contribution in [-0.2, 0) is 4.79 Å². The predicted octanol–water partition coefficient (Wildman–Crippen LogP) is 5.66. The van der Waals surface area contributed by atoms with Crippen molar-refractivity contribution in [3.8, 4) is 0 Å². The summed E-state index contributed by atoms with van der Waals surface area (Å²) in [7, 11) is 0. The number of hydrogen-bond donors (Lipinski definition) is 2. The molecule has 2 saturated carbocycles. The van der Waals surface area contributed by atoms with Gasteiger partial charge in [-0.1, -0.05) is 0 Å². The van der Waals surface area contributed by atoms with Gasteiger partial charge in [0.25, 0.3) is 12.3 Å². The lowest BCUT2D eigenvalue weighted by Crippen LogP contribution is -2.40. The van der Waals surface area contributed by atoms with Crippen molar-refractivity contribution in [2.75, 3.05) is 0 Å². The van der Waals surface area contributed by atoms with Gasteiger partial charge in [-0.05, 0) is 50.7 Å². The topological polar surface area (TPSA) is 106 Å². The van der Waals surface area contributed by atoms with Gasteiger partial charge < -0.3 is 10.6 Å². The van der Waals surface area contributed by atoms with Crippen molar-refractivity contribution in [1.82, 2.24) is 35.0 Å². The standard InChI is InChI=1S/C28H33F6N7O2/c1-15(2)41-20(5-8-35-41)26(43)39-23(17-3-6-27(31,32)7-4-17)19-14-40-21(37-19)10-18(13-36-40)24(25(29)30)38-22(42)9-16-11-28(33,34)12-16/h5,8,10,13-17,23-25H,3-4,6-7,9,11-12H2,1-2H3,(H,38,42)(H,39,43)/t23-,24+/m0/s1. The van der Waals surface area contributed by atoms with Crippen LogP contribution in [0.1, 0.15) is 98.7 Å². The second-order valence-electron chi connectivity index (χ2n) is 11.9. The molecule has 0 spiro atoms. The third-order valence-electron chi connectivity index (χ3n) is 8.17. The number of halogens is 6. The van der Waals surface area contributed by atoms with Gasteiger partial charge in [-0.3, -0.25) is 14.3 Å². The molecular formula is C28H33F6N7O2. The third-order valence-corrected chi connectivity index (χ3v) is 8.17. The smallest absolute Gasteiger partial charge is 0.270 e. The van der Waals surface area contributed by atoms with Crippen LogP contribution in [0.4, 0.5) is 26.3 Å². The molecule has 0 radical (unpaired) electrons. The number of amides is 2. The highest BCUT2D eigenvalue weighted by molar-refractivity contribution is 5.92. The average molecular weight is 614 g/mol. The molecule has 2 fully saturated rings. The molecule has 2 aliphatic rings. The van der Waals surface area contributed by atoms with Crippen LogP contribution >= 0.6 is 0 Å². The van der Waals surface area contributed by atoms with Gasteiger partial charge in [0.2, 0.25) is 17.8 Å². The van der Waals surface area contributed by atoms with Crippen LogP contribution in [0.3, 0.4) is 0 Å². The number of aromatic nitrogens is 5. The molecular weight excluding hydrogens is 580 g/mol. The van der Waals surface area contributed by atoms with Crippen LogP contribution in [0, 0.1) is 11.8 Å². The molecule has 234 valence electrons. The van der Waals surface area contributed by atoms with Crippen molar-refractivity contribution in [2.45, 2.75) is 95.2 Å². The quantitative estimate of drug-likeness (QED) is 0.287. The summed E-state index contributed by atoms with van der Waals surface area (Å²) >= 11 is 0. The van der Waals surface area contributed by atoms with E-state index >= 15 is 0 Å². The highest BCUT2D eigenvalue weighted by Crippen LogP contribution is 2.44. The van der Waals surface area contributed by atoms with E-state index in [4.69, 9.17) is 0 Å². The zero-order chi connectivity index (χ0) is 31.1. The second kappa shape index (κ2) is 11.8. The Balaban J connectivity index is 1.39. The van der Waals surface area contributed by atoms with E-state index in [0.717, 1.165) is 6.20 Å². The molecule has 2 amide bonds. The Morgan fingerprint density at radius 3 is 2.37 bits per heavy atom. The maximum absolute atomic E-state index is 14.0. The van der Waals surface area contributed by atoms with Crippen molar-refractivity contribution in [3.63, 3.8) is 0 Å². The highest BCUT2D eigenvalue weighted by atomic mass is 19.3. The van der Waals surface area contributed by atoms with Crippen LogP contribution in [-0.4, -0.2) is 54.5 Å². The summed E-state index contributed by atoms with van der Waals surface area (Å²) < 4.78 is 85.1. The van der Waals surface area contributed by atoms with Gasteiger partial charge in [-0.25, -0.2) is 35.8 Å². The van der Waals surface area contributed by atoms with E-state index in [-0.39, 0.29) is 61.0 Å². The van der Waals surface area contributed by atoms with Crippen molar-refractivity contribution in [2.24, 2.45) is 11.8 Å². The summed E-state index contributed by atoms with van der Waals surface area (Å²) in [4.78, 5) is 30.2. The molecule has 0 aliphatic heterocycles. The fourth-order valence-corrected chi connectivity index (χ4v) is 5.90. The fraction of sp³-hybridized carbons (Fsp3) is 0.607. The molecule has 9 nitrogen and oxygen atoms in total. The van der Waals surface area contributed by atoms with E-state index in [1.54, 1.807) is 6.07 Å². The SMILES string of the molecule is CC(C)n1nccc1C(=O)N[C@H](c1cn2ncc([C@@H](NC(=O)CC3CC(F)(F)C3)C(F)F)cc2n1)C1CCC(F)(F)CC1. The Labute approximate surface area is 243 Å². The summed E-state index contributed by atoms with van der Waals surface area (Å²) in [5.41, 5.74) is 0.683. The molecule has 0 unspecified atom stereocenters. The Kier molecular flexibility index (Phi) is 8.45. The first kappa shape index (κ1) is 30.8. The highest BCUT2D eigenvalue weighted by Gasteiger charge is 2.46. The van der Waals surface area contributed by atoms with Gasteiger partial charge in [-0.2, -0.15) is 10.2 Å². The molecule has 3 heterocycles. The van der Waals surface area contributed by atoms with E-state index < -0.39 is 60.9 Å². The molecule has 2 N–H and O–H groups in total. The summed E-state index contributed by atoms with van der Waals surface area (Å²) in [5, 5.41) is 13.5. The van der Waals surface area contributed by atoms with Crippen LogP contribution in [0.25, 0.3) is 5.65 Å². The number of hydrogen-bond acceptors (Lipinski definition) is 5. The molecule has 0 aromatic carbocycles. The first-order valence-corrected chi connectivity index (χ1v) is 14.2. The van der Waals surface area contributed by atoms with Crippen molar-refractivity contribution >= 4 is 17.5 Å². The normalized spacial score (nSPS) is 20.2.